The van der Waals surface area contributed by atoms with E-state index in [0.29, 0.717) is 18.1 Å². The minimum Gasteiger partial charge on any atom is -0.295 e. The zero-order chi connectivity index (χ0) is 14.1. The summed E-state index contributed by atoms with van der Waals surface area (Å²) in [7, 11) is 0. The van der Waals surface area contributed by atoms with E-state index in [1.165, 1.54) is 50.5 Å². The third-order valence-electron chi connectivity index (χ3n) is 4.28. The minimum absolute atomic E-state index is 0.324. The SMILES string of the molecule is C=C(C)C1CCCCCCCCC/C=C(\C)C(=O)C1. The molecule has 0 N–H and O–H groups in total. The van der Waals surface area contributed by atoms with E-state index in [0.717, 1.165) is 18.4 Å². The number of Topliss-reactive ketones (excluding diaryl/α,β-unsaturated/α-hetero) is 1. The van der Waals surface area contributed by atoms with E-state index in [1.54, 1.807) is 0 Å². The van der Waals surface area contributed by atoms with Crippen LogP contribution in [0.25, 0.3) is 0 Å². The Morgan fingerprint density at radius 1 is 1.11 bits per heavy atom. The minimum atomic E-state index is 0.324. The van der Waals surface area contributed by atoms with Gasteiger partial charge in [0.1, 0.15) is 0 Å². The zero-order valence-corrected chi connectivity index (χ0v) is 12.8. The predicted octanol–water partition coefficient (Wildman–Crippen LogP) is 5.61. The summed E-state index contributed by atoms with van der Waals surface area (Å²) in [5.74, 6) is 0.712. The monoisotopic (exact) mass is 262 g/mol. The molecule has 1 atom stereocenters. The molecular formula is C18H30O. The Labute approximate surface area is 119 Å². The highest BCUT2D eigenvalue weighted by atomic mass is 16.1. The summed E-state index contributed by atoms with van der Waals surface area (Å²) in [4.78, 5) is 12.2. The Kier molecular flexibility index (Phi) is 7.78. The lowest BCUT2D eigenvalue weighted by Crippen LogP contribution is -2.11. The summed E-state index contributed by atoms with van der Waals surface area (Å²) in [6.07, 6.45) is 14.2. The van der Waals surface area contributed by atoms with Crippen molar-refractivity contribution in [1.82, 2.24) is 0 Å². The maximum atomic E-state index is 12.2. The fourth-order valence-corrected chi connectivity index (χ4v) is 2.76. The molecular weight excluding hydrogens is 232 g/mol. The lowest BCUT2D eigenvalue weighted by atomic mass is 9.88. The van der Waals surface area contributed by atoms with Crippen molar-refractivity contribution < 1.29 is 4.79 Å². The third-order valence-corrected chi connectivity index (χ3v) is 4.28. The summed E-state index contributed by atoms with van der Waals surface area (Å²) in [5.41, 5.74) is 2.14. The summed E-state index contributed by atoms with van der Waals surface area (Å²) in [6.45, 7) is 8.11. The second kappa shape index (κ2) is 9.12. The summed E-state index contributed by atoms with van der Waals surface area (Å²) in [5, 5.41) is 0. The number of carbonyl (C=O) groups excluding carboxylic acids is 1. The van der Waals surface area contributed by atoms with Crippen LogP contribution in [0, 0.1) is 5.92 Å². The topological polar surface area (TPSA) is 17.1 Å². The molecule has 1 nitrogen and oxygen atoms in total. The molecule has 0 aromatic rings. The van der Waals surface area contributed by atoms with Gasteiger partial charge in [0.25, 0.3) is 0 Å². The van der Waals surface area contributed by atoms with Crippen molar-refractivity contribution in [3.05, 3.63) is 23.8 Å². The molecule has 0 aliphatic heterocycles. The van der Waals surface area contributed by atoms with Crippen LogP contribution >= 0.6 is 0 Å². The average molecular weight is 262 g/mol. The second-order valence-electron chi connectivity index (χ2n) is 6.11. The highest BCUT2D eigenvalue weighted by Crippen LogP contribution is 2.24. The Hall–Kier alpha value is -0.850. The fourth-order valence-electron chi connectivity index (χ4n) is 2.76. The average Bonchev–Trinajstić information content (AvgIpc) is 2.37. The van der Waals surface area contributed by atoms with Gasteiger partial charge in [0.15, 0.2) is 5.78 Å². The van der Waals surface area contributed by atoms with Crippen LogP contribution in [0.4, 0.5) is 0 Å². The Bertz CT molecular complexity index is 325. The molecule has 1 unspecified atom stereocenters. The summed E-state index contributed by atoms with van der Waals surface area (Å²) in [6, 6.07) is 0. The number of ketones is 1. The molecule has 0 saturated carbocycles. The van der Waals surface area contributed by atoms with Gasteiger partial charge in [-0.05, 0) is 44.6 Å². The molecule has 0 amide bonds. The number of allylic oxidation sites excluding steroid dienone is 3. The molecule has 1 heteroatoms. The van der Waals surface area contributed by atoms with E-state index in [2.05, 4.69) is 19.6 Å². The lowest BCUT2D eigenvalue weighted by molar-refractivity contribution is -0.116. The van der Waals surface area contributed by atoms with Crippen LogP contribution in [-0.4, -0.2) is 5.78 Å². The van der Waals surface area contributed by atoms with E-state index < -0.39 is 0 Å². The lowest BCUT2D eigenvalue weighted by Gasteiger charge is -2.17. The molecule has 0 heterocycles. The van der Waals surface area contributed by atoms with Gasteiger partial charge in [0, 0.05) is 6.42 Å². The smallest absolute Gasteiger partial charge is 0.158 e. The molecule has 0 saturated heterocycles. The van der Waals surface area contributed by atoms with Gasteiger partial charge in [0.05, 0.1) is 0 Å². The van der Waals surface area contributed by atoms with Crippen LogP contribution in [0.5, 0.6) is 0 Å². The Morgan fingerprint density at radius 2 is 1.68 bits per heavy atom. The van der Waals surface area contributed by atoms with Crippen molar-refractivity contribution >= 4 is 5.78 Å². The van der Waals surface area contributed by atoms with Crippen LogP contribution in [0.1, 0.15) is 78.1 Å². The van der Waals surface area contributed by atoms with E-state index in [1.807, 2.05) is 6.92 Å². The molecule has 1 aliphatic carbocycles. The standard InChI is InChI=1S/C18H30O/c1-15(2)17-13-11-9-7-5-4-6-8-10-12-16(3)18(19)14-17/h12,17H,1,4-11,13-14H2,2-3H3/b16-12+. The highest BCUT2D eigenvalue weighted by Gasteiger charge is 2.15. The molecule has 1 aliphatic rings. The molecule has 1 rings (SSSR count). The van der Waals surface area contributed by atoms with Crippen molar-refractivity contribution in [3.63, 3.8) is 0 Å². The van der Waals surface area contributed by atoms with Crippen molar-refractivity contribution in [2.75, 3.05) is 0 Å². The third kappa shape index (κ3) is 6.75. The summed E-state index contributed by atoms with van der Waals surface area (Å²) < 4.78 is 0. The maximum absolute atomic E-state index is 12.2. The highest BCUT2D eigenvalue weighted by molar-refractivity contribution is 5.95. The summed E-state index contributed by atoms with van der Waals surface area (Å²) >= 11 is 0. The predicted molar refractivity (Wildman–Crippen MR) is 83.2 cm³/mol. The molecule has 0 spiro atoms. The Balaban J connectivity index is 2.62. The normalized spacial score (nSPS) is 27.2. The molecule has 0 fully saturated rings. The quantitative estimate of drug-likeness (QED) is 0.561. The van der Waals surface area contributed by atoms with E-state index in [4.69, 9.17) is 0 Å². The van der Waals surface area contributed by atoms with Crippen molar-refractivity contribution in [2.24, 2.45) is 5.92 Å². The zero-order valence-electron chi connectivity index (χ0n) is 12.8. The van der Waals surface area contributed by atoms with Crippen LogP contribution in [-0.2, 0) is 4.79 Å². The van der Waals surface area contributed by atoms with Crippen LogP contribution in [0.15, 0.2) is 23.8 Å². The van der Waals surface area contributed by atoms with Crippen LogP contribution in [0.2, 0.25) is 0 Å². The van der Waals surface area contributed by atoms with Gasteiger partial charge < -0.3 is 0 Å². The van der Waals surface area contributed by atoms with Gasteiger partial charge in [0.2, 0.25) is 0 Å². The van der Waals surface area contributed by atoms with Gasteiger partial charge in [-0.25, -0.2) is 0 Å². The van der Waals surface area contributed by atoms with E-state index in [-0.39, 0.29) is 0 Å². The van der Waals surface area contributed by atoms with Gasteiger partial charge in [-0.15, -0.1) is 0 Å². The van der Waals surface area contributed by atoms with Gasteiger partial charge >= 0.3 is 0 Å². The first-order chi connectivity index (χ1) is 9.11. The molecule has 0 aromatic carbocycles. The van der Waals surface area contributed by atoms with Gasteiger partial charge in [-0.2, -0.15) is 0 Å². The first kappa shape index (κ1) is 16.2. The Morgan fingerprint density at radius 3 is 2.32 bits per heavy atom. The van der Waals surface area contributed by atoms with Crippen molar-refractivity contribution in [3.8, 4) is 0 Å². The molecule has 0 radical (unpaired) electrons. The number of rotatable bonds is 1. The molecule has 108 valence electrons. The van der Waals surface area contributed by atoms with E-state index in [9.17, 15) is 4.79 Å². The first-order valence-corrected chi connectivity index (χ1v) is 7.96. The number of hydrogen-bond acceptors (Lipinski definition) is 1. The molecule has 19 heavy (non-hydrogen) atoms. The van der Waals surface area contributed by atoms with Crippen molar-refractivity contribution in [2.45, 2.75) is 78.1 Å². The molecule has 0 aromatic heterocycles. The first-order valence-electron chi connectivity index (χ1n) is 7.96. The van der Waals surface area contributed by atoms with Crippen molar-refractivity contribution in [1.29, 1.82) is 0 Å². The van der Waals surface area contributed by atoms with Crippen LogP contribution in [0.3, 0.4) is 0 Å². The van der Waals surface area contributed by atoms with E-state index >= 15 is 0 Å². The largest absolute Gasteiger partial charge is 0.295 e. The number of carbonyl (C=O) groups is 1. The molecule has 0 bridgehead atoms. The van der Waals surface area contributed by atoms with Gasteiger partial charge in [-0.1, -0.05) is 56.8 Å². The second-order valence-corrected chi connectivity index (χ2v) is 6.11. The number of hydrogen-bond donors (Lipinski definition) is 0. The van der Waals surface area contributed by atoms with Gasteiger partial charge in [-0.3, -0.25) is 4.79 Å². The fraction of sp³-hybridized carbons (Fsp3) is 0.722. The maximum Gasteiger partial charge on any atom is 0.158 e. The van der Waals surface area contributed by atoms with Crippen LogP contribution < -0.4 is 0 Å².